The Labute approximate surface area is 94.6 Å². The number of benzene rings is 1. The van der Waals surface area contributed by atoms with Crippen LogP contribution >= 0.6 is 0 Å². The van der Waals surface area contributed by atoms with Gasteiger partial charge in [-0.3, -0.25) is 4.57 Å². The molecule has 0 aliphatic rings. The first kappa shape index (κ1) is 10.7. The molecule has 0 amide bonds. The van der Waals surface area contributed by atoms with Crippen molar-refractivity contribution in [1.82, 2.24) is 4.57 Å². The maximum absolute atomic E-state index is 11.7. The third-order valence-electron chi connectivity index (χ3n) is 2.53. The summed E-state index contributed by atoms with van der Waals surface area (Å²) in [7, 11) is 0. The van der Waals surface area contributed by atoms with E-state index < -0.39 is 0 Å². The van der Waals surface area contributed by atoms with Crippen LogP contribution in [0.15, 0.2) is 30.5 Å². The summed E-state index contributed by atoms with van der Waals surface area (Å²) in [5.74, 6) is 0. The second-order valence-corrected chi connectivity index (χ2v) is 3.49. The van der Waals surface area contributed by atoms with E-state index in [-0.39, 0.29) is 6.09 Å². The van der Waals surface area contributed by atoms with Crippen LogP contribution in [0, 0.1) is 6.92 Å². The van der Waals surface area contributed by atoms with Gasteiger partial charge in [-0.25, -0.2) is 4.79 Å². The van der Waals surface area contributed by atoms with Gasteiger partial charge in [0.05, 0.1) is 12.1 Å². The van der Waals surface area contributed by atoms with E-state index in [1.807, 2.05) is 24.3 Å². The standard InChI is InChI=1S/C13H14NO2/c1-3-10-9-14(13(15)16-4-2)12-8-6-5-7-11(10)12/h5-9H,1,3-4H2,2H3. The topological polar surface area (TPSA) is 31.2 Å². The summed E-state index contributed by atoms with van der Waals surface area (Å²) >= 11 is 0. The maximum atomic E-state index is 11.7. The van der Waals surface area contributed by atoms with Crippen LogP contribution in [0.5, 0.6) is 0 Å². The van der Waals surface area contributed by atoms with Crippen LogP contribution in [0.3, 0.4) is 0 Å². The van der Waals surface area contributed by atoms with Gasteiger partial charge >= 0.3 is 6.09 Å². The number of hydrogen-bond acceptors (Lipinski definition) is 2. The second kappa shape index (κ2) is 4.39. The predicted octanol–water partition coefficient (Wildman–Crippen LogP) is 3.02. The molecule has 83 valence electrons. The Balaban J connectivity index is 2.57. The molecule has 0 spiro atoms. The number of carbonyl (C=O) groups excluding carboxylic acids is 1. The predicted molar refractivity (Wildman–Crippen MR) is 63.4 cm³/mol. The Hall–Kier alpha value is -1.77. The summed E-state index contributed by atoms with van der Waals surface area (Å²) in [4.78, 5) is 11.7. The van der Waals surface area contributed by atoms with Crippen molar-refractivity contribution in [2.75, 3.05) is 6.61 Å². The van der Waals surface area contributed by atoms with Crippen molar-refractivity contribution in [3.05, 3.63) is 42.9 Å². The van der Waals surface area contributed by atoms with Gasteiger partial charge in [-0.15, -0.1) is 0 Å². The van der Waals surface area contributed by atoms with Crippen molar-refractivity contribution in [3.63, 3.8) is 0 Å². The first-order valence-electron chi connectivity index (χ1n) is 5.33. The minimum atomic E-state index is -0.335. The molecule has 0 bridgehead atoms. The SMILES string of the molecule is [CH2]Cc1cn(C(=O)OCC)c2ccccc12. The third kappa shape index (κ3) is 1.69. The lowest BCUT2D eigenvalue weighted by Gasteiger charge is -2.03. The number of para-hydroxylation sites is 1. The highest BCUT2D eigenvalue weighted by Gasteiger charge is 2.12. The zero-order chi connectivity index (χ0) is 11.5. The molecule has 0 atom stereocenters. The quantitative estimate of drug-likeness (QED) is 0.772. The molecular formula is C13H14NO2. The van der Waals surface area contributed by atoms with E-state index in [9.17, 15) is 4.79 Å². The minimum absolute atomic E-state index is 0.335. The van der Waals surface area contributed by atoms with Crippen molar-refractivity contribution in [2.24, 2.45) is 0 Å². The van der Waals surface area contributed by atoms with Crippen LogP contribution in [-0.4, -0.2) is 17.3 Å². The zero-order valence-corrected chi connectivity index (χ0v) is 9.27. The fourth-order valence-corrected chi connectivity index (χ4v) is 1.79. The molecule has 0 aliphatic heterocycles. The van der Waals surface area contributed by atoms with E-state index in [0.29, 0.717) is 13.0 Å². The Morgan fingerprint density at radius 1 is 1.44 bits per heavy atom. The molecule has 1 heterocycles. The number of hydrogen-bond donors (Lipinski definition) is 0. The molecule has 0 N–H and O–H groups in total. The average molecular weight is 216 g/mol. The highest BCUT2D eigenvalue weighted by molar-refractivity contribution is 5.91. The Morgan fingerprint density at radius 3 is 2.88 bits per heavy atom. The van der Waals surface area contributed by atoms with Crippen molar-refractivity contribution in [2.45, 2.75) is 13.3 Å². The molecule has 0 fully saturated rings. The second-order valence-electron chi connectivity index (χ2n) is 3.49. The molecule has 2 rings (SSSR count). The summed E-state index contributed by atoms with van der Waals surface area (Å²) in [6.07, 6.45) is 2.13. The van der Waals surface area contributed by atoms with Crippen LogP contribution in [0.2, 0.25) is 0 Å². The lowest BCUT2D eigenvalue weighted by Crippen LogP contribution is -2.12. The van der Waals surface area contributed by atoms with Gasteiger partial charge in [0.15, 0.2) is 0 Å². The first-order chi connectivity index (χ1) is 7.77. The molecular weight excluding hydrogens is 202 g/mol. The Morgan fingerprint density at radius 2 is 2.19 bits per heavy atom. The fourth-order valence-electron chi connectivity index (χ4n) is 1.79. The largest absolute Gasteiger partial charge is 0.449 e. The molecule has 0 unspecified atom stereocenters. The van der Waals surface area contributed by atoms with Gasteiger partial charge in [0, 0.05) is 11.6 Å². The monoisotopic (exact) mass is 216 g/mol. The lowest BCUT2D eigenvalue weighted by atomic mass is 10.1. The van der Waals surface area contributed by atoms with Gasteiger partial charge in [0.2, 0.25) is 0 Å². The molecule has 0 saturated heterocycles. The summed E-state index contributed by atoms with van der Waals surface area (Å²) in [5.41, 5.74) is 1.93. The summed E-state index contributed by atoms with van der Waals surface area (Å²) in [6, 6.07) is 7.76. The van der Waals surface area contributed by atoms with Crippen LogP contribution in [-0.2, 0) is 11.2 Å². The third-order valence-corrected chi connectivity index (χ3v) is 2.53. The van der Waals surface area contributed by atoms with Gasteiger partial charge in [-0.2, -0.15) is 0 Å². The van der Waals surface area contributed by atoms with Crippen LogP contribution < -0.4 is 0 Å². The normalized spacial score (nSPS) is 10.6. The van der Waals surface area contributed by atoms with Gasteiger partial charge in [-0.05, 0) is 31.9 Å². The molecule has 16 heavy (non-hydrogen) atoms. The Kier molecular flexibility index (Phi) is 2.95. The fraction of sp³-hybridized carbons (Fsp3) is 0.231. The lowest BCUT2D eigenvalue weighted by molar-refractivity contribution is 0.155. The van der Waals surface area contributed by atoms with Crippen LogP contribution in [0.4, 0.5) is 4.79 Å². The van der Waals surface area contributed by atoms with Gasteiger partial charge in [0.25, 0.3) is 0 Å². The van der Waals surface area contributed by atoms with Gasteiger partial charge < -0.3 is 4.74 Å². The molecule has 1 radical (unpaired) electrons. The van der Waals surface area contributed by atoms with Crippen LogP contribution in [0.1, 0.15) is 12.5 Å². The molecule has 2 aromatic rings. The van der Waals surface area contributed by atoms with E-state index >= 15 is 0 Å². The molecule has 3 nitrogen and oxygen atoms in total. The molecule has 0 saturated carbocycles. The highest BCUT2D eigenvalue weighted by atomic mass is 16.5. The van der Waals surface area contributed by atoms with E-state index in [1.165, 1.54) is 0 Å². The number of nitrogens with zero attached hydrogens (tertiary/aromatic N) is 1. The number of rotatable bonds is 2. The van der Waals surface area contributed by atoms with Crippen molar-refractivity contribution in [1.29, 1.82) is 0 Å². The number of aromatic nitrogens is 1. The van der Waals surface area contributed by atoms with Crippen molar-refractivity contribution >= 4 is 17.0 Å². The van der Waals surface area contributed by atoms with Gasteiger partial charge in [0.1, 0.15) is 0 Å². The number of ether oxygens (including phenoxy) is 1. The first-order valence-corrected chi connectivity index (χ1v) is 5.33. The summed E-state index contributed by atoms with van der Waals surface area (Å²) < 4.78 is 6.54. The van der Waals surface area contributed by atoms with Crippen molar-refractivity contribution in [3.8, 4) is 0 Å². The van der Waals surface area contributed by atoms with Gasteiger partial charge in [-0.1, -0.05) is 18.2 Å². The van der Waals surface area contributed by atoms with E-state index in [2.05, 4.69) is 6.92 Å². The minimum Gasteiger partial charge on any atom is -0.449 e. The van der Waals surface area contributed by atoms with Crippen LogP contribution in [0.25, 0.3) is 10.9 Å². The molecule has 1 aromatic heterocycles. The Bertz CT molecular complexity index is 514. The summed E-state index contributed by atoms with van der Waals surface area (Å²) in [6.45, 7) is 6.04. The average Bonchev–Trinajstić information content (AvgIpc) is 2.68. The maximum Gasteiger partial charge on any atom is 0.418 e. The zero-order valence-electron chi connectivity index (χ0n) is 9.27. The smallest absolute Gasteiger partial charge is 0.418 e. The highest BCUT2D eigenvalue weighted by Crippen LogP contribution is 2.21. The number of fused-ring (bicyclic) bond motifs is 1. The van der Waals surface area contributed by atoms with E-state index in [1.54, 1.807) is 17.7 Å². The van der Waals surface area contributed by atoms with Crippen molar-refractivity contribution < 1.29 is 9.53 Å². The molecule has 3 heteroatoms. The van der Waals surface area contributed by atoms with E-state index in [0.717, 1.165) is 16.5 Å². The van der Waals surface area contributed by atoms with E-state index in [4.69, 9.17) is 4.74 Å². The molecule has 1 aromatic carbocycles. The molecule has 0 aliphatic carbocycles. The summed E-state index contributed by atoms with van der Waals surface area (Å²) in [5, 5.41) is 1.06. The number of carbonyl (C=O) groups is 1.